The Labute approximate surface area is 167 Å². The van der Waals surface area contributed by atoms with E-state index in [9.17, 15) is 8.42 Å². The minimum absolute atomic E-state index is 0.0263. The van der Waals surface area contributed by atoms with Gasteiger partial charge in [0, 0.05) is 0 Å². The molecule has 0 bridgehead atoms. The van der Waals surface area contributed by atoms with Gasteiger partial charge in [-0.25, -0.2) is 8.42 Å². The topological polar surface area (TPSA) is 64.0 Å². The number of rotatable bonds is 5. The van der Waals surface area contributed by atoms with E-state index in [1.165, 1.54) is 0 Å². The maximum Gasteiger partial charge on any atom is 0.262 e. The summed E-state index contributed by atoms with van der Waals surface area (Å²) < 4.78 is 30.3. The molecule has 0 aliphatic carbocycles. The molecule has 6 heteroatoms. The molecule has 1 aromatic heterocycles. The van der Waals surface area contributed by atoms with Crippen LogP contribution >= 0.6 is 0 Å². The molecule has 1 N–H and O–H groups in total. The van der Waals surface area contributed by atoms with Crippen LogP contribution in [0.3, 0.4) is 0 Å². The molecule has 0 fully saturated rings. The van der Waals surface area contributed by atoms with Crippen molar-refractivity contribution in [2.75, 3.05) is 4.72 Å². The van der Waals surface area contributed by atoms with Crippen LogP contribution in [0.4, 0.5) is 5.69 Å². The van der Waals surface area contributed by atoms with Gasteiger partial charge in [0.2, 0.25) is 0 Å². The van der Waals surface area contributed by atoms with Gasteiger partial charge in [0.1, 0.15) is 0 Å². The van der Waals surface area contributed by atoms with Crippen molar-refractivity contribution in [1.82, 2.24) is 9.78 Å². The first-order valence-corrected chi connectivity index (χ1v) is 10.8. The minimum atomic E-state index is -3.68. The number of hydrogen-bond acceptors (Lipinski definition) is 3. The van der Waals surface area contributed by atoms with Crippen molar-refractivity contribution in [3.05, 3.63) is 77.1 Å². The average molecular weight is 398 g/mol. The summed E-state index contributed by atoms with van der Waals surface area (Å²) in [6.07, 6.45) is 0. The van der Waals surface area contributed by atoms with E-state index in [4.69, 9.17) is 0 Å². The highest BCUT2D eigenvalue weighted by Gasteiger charge is 2.21. The Morgan fingerprint density at radius 3 is 2.14 bits per heavy atom. The zero-order valence-electron chi connectivity index (χ0n) is 17.0. The van der Waals surface area contributed by atoms with Crippen molar-refractivity contribution in [3.63, 3.8) is 0 Å². The lowest BCUT2D eigenvalue weighted by molar-refractivity contribution is 0.587. The number of aromatic nitrogens is 2. The summed E-state index contributed by atoms with van der Waals surface area (Å²) in [6.45, 7) is 10.6. The molecule has 0 radical (unpaired) electrons. The van der Waals surface area contributed by atoms with Gasteiger partial charge < -0.3 is 0 Å². The fraction of sp³-hybridized carbons (Fsp3) is 0.318. The van der Waals surface area contributed by atoms with Gasteiger partial charge in [-0.2, -0.15) is 5.10 Å². The van der Waals surface area contributed by atoms with Crippen LogP contribution in [0.1, 0.15) is 43.3 Å². The maximum absolute atomic E-state index is 12.9. The minimum Gasteiger partial charge on any atom is -0.276 e. The summed E-state index contributed by atoms with van der Waals surface area (Å²) in [6, 6.07) is 17.0. The number of anilines is 1. The molecule has 0 saturated carbocycles. The highest BCUT2D eigenvalue weighted by atomic mass is 32.2. The second-order valence-electron chi connectivity index (χ2n) is 8.07. The summed E-state index contributed by atoms with van der Waals surface area (Å²) in [5, 5.41) is 4.52. The Kier molecular flexibility index (Phi) is 5.35. The van der Waals surface area contributed by atoms with Crippen molar-refractivity contribution in [3.8, 4) is 0 Å². The molecule has 0 aliphatic heterocycles. The second-order valence-corrected chi connectivity index (χ2v) is 9.75. The Bertz CT molecular complexity index is 1060. The van der Waals surface area contributed by atoms with Crippen LogP contribution in [0.5, 0.6) is 0 Å². The van der Waals surface area contributed by atoms with Crippen molar-refractivity contribution >= 4 is 15.7 Å². The molecular formula is C22H27N3O2S. The van der Waals surface area contributed by atoms with Crippen LogP contribution in [0, 0.1) is 13.8 Å². The van der Waals surface area contributed by atoms with Gasteiger partial charge in [-0.15, -0.1) is 0 Å². The summed E-state index contributed by atoms with van der Waals surface area (Å²) in [4.78, 5) is 0.245. The van der Waals surface area contributed by atoms with E-state index in [1.807, 2.05) is 61.0 Å². The summed E-state index contributed by atoms with van der Waals surface area (Å²) >= 11 is 0. The summed E-state index contributed by atoms with van der Waals surface area (Å²) in [5.41, 5.74) is 4.16. The molecule has 28 heavy (non-hydrogen) atoms. The number of hydrogen-bond donors (Lipinski definition) is 1. The van der Waals surface area contributed by atoms with E-state index >= 15 is 0 Å². The average Bonchev–Trinajstić information content (AvgIpc) is 2.89. The van der Waals surface area contributed by atoms with Crippen LogP contribution in [0.25, 0.3) is 0 Å². The first kappa shape index (κ1) is 20.1. The van der Waals surface area contributed by atoms with Crippen LogP contribution < -0.4 is 4.72 Å². The summed E-state index contributed by atoms with van der Waals surface area (Å²) in [7, 11) is -3.68. The molecule has 0 saturated heterocycles. The molecule has 1 heterocycles. The molecular weight excluding hydrogens is 370 g/mol. The lowest BCUT2D eigenvalue weighted by atomic mass is 9.87. The predicted molar refractivity (Wildman–Crippen MR) is 113 cm³/mol. The highest BCUT2D eigenvalue weighted by molar-refractivity contribution is 7.92. The quantitative estimate of drug-likeness (QED) is 0.682. The molecule has 3 rings (SSSR count). The van der Waals surface area contributed by atoms with E-state index in [0.717, 1.165) is 16.8 Å². The number of aryl methyl sites for hydroxylation is 1. The van der Waals surface area contributed by atoms with Crippen molar-refractivity contribution in [1.29, 1.82) is 0 Å². The number of nitrogens with zero attached hydrogens (tertiary/aromatic N) is 2. The van der Waals surface area contributed by atoms with Gasteiger partial charge in [-0.05, 0) is 42.5 Å². The van der Waals surface area contributed by atoms with E-state index in [2.05, 4.69) is 30.6 Å². The molecule has 0 spiro atoms. The Morgan fingerprint density at radius 2 is 1.57 bits per heavy atom. The van der Waals surface area contributed by atoms with Gasteiger partial charge >= 0.3 is 0 Å². The zero-order chi connectivity index (χ0) is 20.5. The first-order chi connectivity index (χ1) is 13.1. The fourth-order valence-corrected chi connectivity index (χ4v) is 4.26. The van der Waals surface area contributed by atoms with Crippen molar-refractivity contribution in [2.45, 2.75) is 51.5 Å². The SMILES string of the molecule is Cc1nn(Cc2ccccc2)c(C)c1NS(=O)(=O)c1ccc(C(C)(C)C)cc1. The lowest BCUT2D eigenvalue weighted by Crippen LogP contribution is -2.15. The molecule has 0 unspecified atom stereocenters. The number of sulfonamides is 1. The zero-order valence-corrected chi connectivity index (χ0v) is 17.8. The molecule has 3 aromatic rings. The summed E-state index contributed by atoms with van der Waals surface area (Å²) in [5.74, 6) is 0. The normalized spacial score (nSPS) is 12.2. The van der Waals surface area contributed by atoms with E-state index < -0.39 is 10.0 Å². The highest BCUT2D eigenvalue weighted by Crippen LogP contribution is 2.26. The fourth-order valence-electron chi connectivity index (χ4n) is 3.08. The molecule has 0 amide bonds. The van der Waals surface area contributed by atoms with Crippen LogP contribution in [-0.2, 0) is 22.0 Å². The Hall–Kier alpha value is -2.60. The third-order valence-electron chi connectivity index (χ3n) is 4.82. The molecule has 2 aromatic carbocycles. The Morgan fingerprint density at radius 1 is 0.964 bits per heavy atom. The standard InChI is InChI=1S/C22H27N3O2S/c1-16-21(17(2)25(23-16)15-18-9-7-6-8-10-18)24-28(26,27)20-13-11-19(12-14-20)22(3,4)5/h6-14,24H,15H2,1-5H3. The largest absolute Gasteiger partial charge is 0.276 e. The molecule has 0 aliphatic rings. The second kappa shape index (κ2) is 7.43. The van der Waals surface area contributed by atoms with E-state index in [1.54, 1.807) is 12.1 Å². The van der Waals surface area contributed by atoms with Crippen LogP contribution in [0.2, 0.25) is 0 Å². The third-order valence-corrected chi connectivity index (χ3v) is 6.19. The van der Waals surface area contributed by atoms with Gasteiger partial charge in [-0.1, -0.05) is 63.2 Å². The Balaban J connectivity index is 1.86. The van der Waals surface area contributed by atoms with Crippen molar-refractivity contribution in [2.24, 2.45) is 0 Å². The van der Waals surface area contributed by atoms with E-state index in [0.29, 0.717) is 17.9 Å². The van der Waals surface area contributed by atoms with E-state index in [-0.39, 0.29) is 10.3 Å². The molecule has 148 valence electrons. The number of nitrogens with one attached hydrogen (secondary N) is 1. The molecule has 5 nitrogen and oxygen atoms in total. The van der Waals surface area contributed by atoms with Crippen LogP contribution in [-0.4, -0.2) is 18.2 Å². The third kappa shape index (κ3) is 4.28. The van der Waals surface area contributed by atoms with Gasteiger partial charge in [0.15, 0.2) is 0 Å². The van der Waals surface area contributed by atoms with Gasteiger partial charge in [0.05, 0.1) is 28.5 Å². The lowest BCUT2D eigenvalue weighted by Gasteiger charge is -2.19. The van der Waals surface area contributed by atoms with Gasteiger partial charge in [0.25, 0.3) is 10.0 Å². The smallest absolute Gasteiger partial charge is 0.262 e. The predicted octanol–water partition coefficient (Wildman–Crippen LogP) is 4.65. The maximum atomic E-state index is 12.9. The monoisotopic (exact) mass is 397 g/mol. The first-order valence-electron chi connectivity index (χ1n) is 9.29. The molecule has 0 atom stereocenters. The van der Waals surface area contributed by atoms with Crippen molar-refractivity contribution < 1.29 is 8.42 Å². The van der Waals surface area contributed by atoms with Gasteiger partial charge in [-0.3, -0.25) is 9.40 Å². The number of benzene rings is 2. The van der Waals surface area contributed by atoms with Crippen LogP contribution in [0.15, 0.2) is 59.5 Å².